The third-order valence-electron chi connectivity index (χ3n) is 5.20. The van der Waals surface area contributed by atoms with Gasteiger partial charge in [0.1, 0.15) is 5.82 Å². The van der Waals surface area contributed by atoms with Crippen LogP contribution in [0.5, 0.6) is 0 Å². The van der Waals surface area contributed by atoms with E-state index in [4.69, 9.17) is 0 Å². The zero-order chi connectivity index (χ0) is 20.6. The van der Waals surface area contributed by atoms with Crippen LogP contribution in [-0.4, -0.2) is 43.0 Å². The molecular formula is C22H27FN4O2. The normalized spacial score (nSPS) is 18.8. The van der Waals surface area contributed by atoms with Gasteiger partial charge in [-0.25, -0.2) is 4.39 Å². The molecule has 3 rings (SSSR count). The largest absolute Gasteiger partial charge is 0.355 e. The van der Waals surface area contributed by atoms with Gasteiger partial charge in [-0.05, 0) is 50.6 Å². The van der Waals surface area contributed by atoms with Gasteiger partial charge < -0.3 is 16.0 Å². The van der Waals surface area contributed by atoms with Crippen molar-refractivity contribution in [1.29, 1.82) is 0 Å². The van der Waals surface area contributed by atoms with Crippen molar-refractivity contribution >= 4 is 11.8 Å². The van der Waals surface area contributed by atoms with Crippen molar-refractivity contribution in [2.75, 3.05) is 20.1 Å². The van der Waals surface area contributed by atoms with Gasteiger partial charge in [0.25, 0.3) is 5.91 Å². The van der Waals surface area contributed by atoms with Crippen LogP contribution in [0.1, 0.15) is 36.0 Å². The molecular weight excluding hydrogens is 371 g/mol. The molecule has 154 valence electrons. The Bertz CT molecular complexity index is 841. The topological polar surface area (TPSA) is 83.1 Å². The highest BCUT2D eigenvalue weighted by Crippen LogP contribution is 2.25. The van der Waals surface area contributed by atoms with Gasteiger partial charge in [0.05, 0.1) is 11.3 Å². The number of amides is 2. The number of hydrogen-bond donors (Lipinski definition) is 3. The number of pyridine rings is 1. The Balaban J connectivity index is 1.56. The number of halogens is 1. The molecule has 0 saturated heterocycles. The average Bonchev–Trinajstić information content (AvgIpc) is 2.74. The predicted octanol–water partition coefficient (Wildman–Crippen LogP) is 2.51. The Labute approximate surface area is 170 Å². The lowest BCUT2D eigenvalue weighted by Gasteiger charge is -2.29. The smallest absolute Gasteiger partial charge is 0.253 e. The van der Waals surface area contributed by atoms with Crippen molar-refractivity contribution in [3.8, 4) is 11.3 Å². The number of nitrogens with zero attached hydrogens (tertiary/aromatic N) is 1. The fourth-order valence-electron chi connectivity index (χ4n) is 3.63. The summed E-state index contributed by atoms with van der Waals surface area (Å²) >= 11 is 0. The summed E-state index contributed by atoms with van der Waals surface area (Å²) in [7, 11) is 1.85. The number of rotatable bonds is 7. The second-order valence-electron chi connectivity index (χ2n) is 7.37. The second-order valence-corrected chi connectivity index (χ2v) is 7.37. The molecule has 0 spiro atoms. The van der Waals surface area contributed by atoms with Crippen molar-refractivity contribution in [2.45, 2.75) is 31.7 Å². The molecule has 1 saturated carbocycles. The molecule has 1 aliphatic rings. The molecule has 1 aromatic carbocycles. The van der Waals surface area contributed by atoms with Crippen LogP contribution >= 0.6 is 0 Å². The van der Waals surface area contributed by atoms with Crippen LogP contribution in [0.4, 0.5) is 4.39 Å². The van der Waals surface area contributed by atoms with Gasteiger partial charge in [0.2, 0.25) is 5.91 Å². The first-order valence-electron chi connectivity index (χ1n) is 10.0. The van der Waals surface area contributed by atoms with Crippen LogP contribution < -0.4 is 16.0 Å². The zero-order valence-corrected chi connectivity index (χ0v) is 16.6. The summed E-state index contributed by atoms with van der Waals surface area (Å²) < 4.78 is 13.4. The minimum Gasteiger partial charge on any atom is -0.355 e. The van der Waals surface area contributed by atoms with Gasteiger partial charge in [-0.1, -0.05) is 18.6 Å². The van der Waals surface area contributed by atoms with E-state index in [2.05, 4.69) is 20.9 Å². The van der Waals surface area contributed by atoms with E-state index in [9.17, 15) is 14.0 Å². The molecule has 2 unspecified atom stereocenters. The second kappa shape index (κ2) is 10.1. The van der Waals surface area contributed by atoms with Crippen LogP contribution in [0, 0.1) is 11.7 Å². The van der Waals surface area contributed by atoms with Crippen LogP contribution in [-0.2, 0) is 4.79 Å². The third-order valence-corrected chi connectivity index (χ3v) is 5.20. The number of carbonyl (C=O) groups is 2. The molecule has 1 aromatic heterocycles. The Morgan fingerprint density at radius 1 is 1.17 bits per heavy atom. The summed E-state index contributed by atoms with van der Waals surface area (Å²) in [5.41, 5.74) is 1.72. The summed E-state index contributed by atoms with van der Waals surface area (Å²) in [6.45, 7) is 1.34. The number of benzene rings is 1. The molecule has 2 aromatic rings. The van der Waals surface area contributed by atoms with E-state index in [-0.39, 0.29) is 29.6 Å². The third kappa shape index (κ3) is 5.84. The average molecular weight is 398 g/mol. The van der Waals surface area contributed by atoms with E-state index in [0.717, 1.165) is 25.8 Å². The lowest BCUT2D eigenvalue weighted by atomic mass is 9.85. The standard InChI is InChI=1S/C22H27FN4O2/c1-24-10-11-25-21(28)16-5-3-7-19(13-16)27-22(29)17-8-9-20(26-14-17)15-4-2-6-18(23)12-15/h2,4,6,8-9,12,14,16,19,24H,3,5,7,10-11,13H2,1H3,(H,25,28)(H,27,29). The van der Waals surface area contributed by atoms with Gasteiger partial charge in [0.15, 0.2) is 0 Å². The zero-order valence-electron chi connectivity index (χ0n) is 16.6. The Morgan fingerprint density at radius 3 is 2.76 bits per heavy atom. The monoisotopic (exact) mass is 398 g/mol. The van der Waals surface area contributed by atoms with Crippen LogP contribution in [0.15, 0.2) is 42.6 Å². The minimum atomic E-state index is -0.326. The molecule has 0 aliphatic heterocycles. The molecule has 3 N–H and O–H groups in total. The lowest BCUT2D eigenvalue weighted by Crippen LogP contribution is -2.43. The van der Waals surface area contributed by atoms with E-state index < -0.39 is 0 Å². The molecule has 2 amide bonds. The molecule has 0 bridgehead atoms. The molecule has 7 heteroatoms. The number of aromatic nitrogens is 1. The molecule has 2 atom stereocenters. The quantitative estimate of drug-likeness (QED) is 0.626. The van der Waals surface area contributed by atoms with Crippen molar-refractivity contribution < 1.29 is 14.0 Å². The highest BCUT2D eigenvalue weighted by Gasteiger charge is 2.28. The minimum absolute atomic E-state index is 0.0285. The van der Waals surface area contributed by atoms with Gasteiger partial charge >= 0.3 is 0 Å². The first kappa shape index (κ1) is 20.9. The summed E-state index contributed by atoms with van der Waals surface area (Å²) in [5.74, 6) is -0.544. The van der Waals surface area contributed by atoms with Crippen molar-refractivity contribution in [2.24, 2.45) is 5.92 Å². The summed E-state index contributed by atoms with van der Waals surface area (Å²) in [6, 6.07) is 9.56. The SMILES string of the molecule is CNCCNC(=O)C1CCCC(NC(=O)c2ccc(-c3cccc(F)c3)nc2)C1. The van der Waals surface area contributed by atoms with Gasteiger partial charge in [-0.15, -0.1) is 0 Å². The highest BCUT2D eigenvalue weighted by atomic mass is 19.1. The van der Waals surface area contributed by atoms with E-state index in [0.29, 0.717) is 29.8 Å². The first-order valence-corrected chi connectivity index (χ1v) is 10.0. The maximum atomic E-state index is 13.4. The fraction of sp³-hybridized carbons (Fsp3) is 0.409. The molecule has 1 heterocycles. The number of nitrogens with one attached hydrogen (secondary N) is 3. The lowest BCUT2D eigenvalue weighted by molar-refractivity contribution is -0.126. The number of carbonyl (C=O) groups excluding carboxylic acids is 2. The predicted molar refractivity (Wildman–Crippen MR) is 110 cm³/mol. The van der Waals surface area contributed by atoms with Crippen molar-refractivity contribution in [1.82, 2.24) is 20.9 Å². The molecule has 0 radical (unpaired) electrons. The van der Waals surface area contributed by atoms with Crippen molar-refractivity contribution in [3.63, 3.8) is 0 Å². The summed E-state index contributed by atoms with van der Waals surface area (Å²) in [6.07, 6.45) is 4.76. The van der Waals surface area contributed by atoms with Gasteiger partial charge in [-0.2, -0.15) is 0 Å². The Hall–Kier alpha value is -2.80. The first-order chi connectivity index (χ1) is 14.1. The van der Waals surface area contributed by atoms with Crippen LogP contribution in [0.25, 0.3) is 11.3 Å². The van der Waals surface area contributed by atoms with E-state index in [1.165, 1.54) is 18.3 Å². The summed E-state index contributed by atoms with van der Waals surface area (Å²) in [5, 5.41) is 8.96. The van der Waals surface area contributed by atoms with E-state index in [1.807, 2.05) is 7.05 Å². The van der Waals surface area contributed by atoms with Crippen molar-refractivity contribution in [3.05, 3.63) is 54.0 Å². The van der Waals surface area contributed by atoms with E-state index in [1.54, 1.807) is 24.3 Å². The summed E-state index contributed by atoms with van der Waals surface area (Å²) in [4.78, 5) is 29.2. The van der Waals surface area contributed by atoms with E-state index >= 15 is 0 Å². The Morgan fingerprint density at radius 2 is 2.03 bits per heavy atom. The maximum Gasteiger partial charge on any atom is 0.253 e. The molecule has 29 heavy (non-hydrogen) atoms. The highest BCUT2D eigenvalue weighted by molar-refractivity contribution is 5.94. The van der Waals surface area contributed by atoms with Crippen LogP contribution in [0.2, 0.25) is 0 Å². The number of likely N-dealkylation sites (N-methyl/N-ethyl adjacent to an activating group) is 1. The Kier molecular flexibility index (Phi) is 7.30. The van der Waals surface area contributed by atoms with Gasteiger partial charge in [-0.3, -0.25) is 14.6 Å². The molecule has 1 fully saturated rings. The van der Waals surface area contributed by atoms with Crippen LogP contribution in [0.3, 0.4) is 0 Å². The molecule has 1 aliphatic carbocycles. The molecule has 6 nitrogen and oxygen atoms in total. The maximum absolute atomic E-state index is 13.4. The number of hydrogen-bond acceptors (Lipinski definition) is 4. The fourth-order valence-corrected chi connectivity index (χ4v) is 3.63. The van der Waals surface area contributed by atoms with Gasteiger partial charge in [0, 0.05) is 36.8 Å².